The van der Waals surface area contributed by atoms with Gasteiger partial charge < -0.3 is 25.1 Å². The van der Waals surface area contributed by atoms with Crippen LogP contribution in [0.4, 0.5) is 5.82 Å². The van der Waals surface area contributed by atoms with Crippen LogP contribution in [0.5, 0.6) is 6.01 Å². The average Bonchev–Trinajstić information content (AvgIpc) is 3.19. The van der Waals surface area contributed by atoms with E-state index in [0.29, 0.717) is 36.7 Å². The van der Waals surface area contributed by atoms with E-state index < -0.39 is 0 Å². The summed E-state index contributed by atoms with van der Waals surface area (Å²) in [5.74, 6) is 0.443. The number of ether oxygens (including phenoxy) is 2. The Bertz CT molecular complexity index is 1210. The highest BCUT2D eigenvalue weighted by Gasteiger charge is 2.22. The predicted octanol–water partition coefficient (Wildman–Crippen LogP) is 2.48. The number of anilines is 1. The molecule has 188 valence electrons. The minimum absolute atomic E-state index is 0.200. The van der Waals surface area contributed by atoms with Crippen molar-refractivity contribution in [3.05, 3.63) is 45.9 Å². The Hall–Kier alpha value is -3.40. The second-order valence-corrected chi connectivity index (χ2v) is 8.99. The Morgan fingerprint density at radius 3 is 2.77 bits per heavy atom. The number of unbranched alkanes of at least 4 members (excludes halogenated alkanes) is 1. The van der Waals surface area contributed by atoms with E-state index in [1.54, 1.807) is 4.57 Å². The van der Waals surface area contributed by atoms with E-state index >= 15 is 0 Å². The zero-order valence-corrected chi connectivity index (χ0v) is 20.5. The lowest BCUT2D eigenvalue weighted by atomic mass is 9.88. The molecular formula is C25H34N6O4. The molecule has 0 saturated carbocycles. The number of fused-ring (bicyclic) bond motifs is 1. The molecule has 1 aromatic carbocycles. The summed E-state index contributed by atoms with van der Waals surface area (Å²) < 4.78 is 12.0. The summed E-state index contributed by atoms with van der Waals surface area (Å²) in [6.07, 6.45) is 4.24. The third-order valence-electron chi connectivity index (χ3n) is 6.59. The number of benzene rings is 1. The first-order chi connectivity index (χ1) is 17.0. The molecule has 3 aromatic rings. The SMILES string of the molecule is CCCCOc1nc(N)c2[nH]c(=O)n(CCN3CCC(c4cccc(CC(=O)OC)c4)CC3)c2n1. The van der Waals surface area contributed by atoms with Gasteiger partial charge in [-0.3, -0.25) is 9.36 Å². The van der Waals surface area contributed by atoms with Crippen molar-refractivity contribution in [3.8, 4) is 6.01 Å². The highest BCUT2D eigenvalue weighted by atomic mass is 16.5. The zero-order chi connectivity index (χ0) is 24.8. The largest absolute Gasteiger partial charge is 0.469 e. The fourth-order valence-electron chi connectivity index (χ4n) is 4.54. The summed E-state index contributed by atoms with van der Waals surface area (Å²) in [5.41, 5.74) is 8.97. The molecule has 35 heavy (non-hydrogen) atoms. The summed E-state index contributed by atoms with van der Waals surface area (Å²) in [6, 6.07) is 8.43. The number of nitrogens with two attached hydrogens (primary N) is 1. The lowest BCUT2D eigenvalue weighted by Crippen LogP contribution is -2.36. The number of rotatable bonds is 10. The Balaban J connectivity index is 1.37. The summed E-state index contributed by atoms with van der Waals surface area (Å²) in [5, 5.41) is 0. The van der Waals surface area contributed by atoms with Crippen molar-refractivity contribution in [2.24, 2.45) is 0 Å². The number of nitrogens with one attached hydrogen (secondary N) is 1. The standard InChI is InChI=1S/C25H34N6O4/c1-3-4-14-35-24-28-22(26)21-23(29-24)31(25(33)27-21)13-12-30-10-8-18(9-11-30)19-7-5-6-17(15-19)16-20(32)34-2/h5-7,15,18H,3-4,8-14,16H2,1-2H3,(H,27,33)(H2,26,28,29). The van der Waals surface area contributed by atoms with Crippen LogP contribution in [-0.2, 0) is 22.5 Å². The number of nitrogens with zero attached hydrogens (tertiary/aromatic N) is 4. The van der Waals surface area contributed by atoms with Crippen LogP contribution in [-0.4, -0.2) is 63.7 Å². The van der Waals surface area contributed by atoms with Gasteiger partial charge in [0.1, 0.15) is 5.52 Å². The molecule has 1 saturated heterocycles. The van der Waals surface area contributed by atoms with Gasteiger partial charge in [0.05, 0.1) is 20.1 Å². The molecule has 2 aromatic heterocycles. The number of hydrogen-bond acceptors (Lipinski definition) is 8. The van der Waals surface area contributed by atoms with Crippen molar-refractivity contribution in [3.63, 3.8) is 0 Å². The number of aromatic amines is 1. The number of carbonyl (C=O) groups is 1. The van der Waals surface area contributed by atoms with Crippen molar-refractivity contribution in [1.29, 1.82) is 0 Å². The number of nitrogen functional groups attached to an aromatic ring is 1. The molecule has 1 aliphatic rings. The molecule has 3 N–H and O–H groups in total. The molecule has 1 aliphatic heterocycles. The number of aromatic nitrogens is 4. The highest BCUT2D eigenvalue weighted by molar-refractivity contribution is 5.81. The Kier molecular flexibility index (Phi) is 8.02. The number of carbonyl (C=O) groups excluding carboxylic acids is 1. The number of piperidine rings is 1. The summed E-state index contributed by atoms with van der Waals surface area (Å²) >= 11 is 0. The van der Waals surface area contributed by atoms with E-state index in [0.717, 1.165) is 50.9 Å². The third-order valence-corrected chi connectivity index (χ3v) is 6.59. The maximum absolute atomic E-state index is 12.6. The maximum atomic E-state index is 12.6. The van der Waals surface area contributed by atoms with E-state index in [9.17, 15) is 9.59 Å². The zero-order valence-electron chi connectivity index (χ0n) is 20.5. The Morgan fingerprint density at radius 2 is 2.03 bits per heavy atom. The van der Waals surface area contributed by atoms with Crippen LogP contribution in [0.1, 0.15) is 49.7 Å². The topological polar surface area (TPSA) is 128 Å². The van der Waals surface area contributed by atoms with Gasteiger partial charge in [-0.05, 0) is 49.4 Å². The van der Waals surface area contributed by atoms with Crippen molar-refractivity contribution >= 4 is 23.0 Å². The van der Waals surface area contributed by atoms with Crippen molar-refractivity contribution < 1.29 is 14.3 Å². The molecular weight excluding hydrogens is 448 g/mol. The molecule has 10 heteroatoms. The van der Waals surface area contributed by atoms with Crippen molar-refractivity contribution in [1.82, 2.24) is 24.4 Å². The van der Waals surface area contributed by atoms with Crippen LogP contribution in [0.25, 0.3) is 11.2 Å². The van der Waals surface area contributed by atoms with Crippen molar-refractivity contribution in [2.75, 3.05) is 39.1 Å². The molecule has 0 aliphatic carbocycles. The van der Waals surface area contributed by atoms with Gasteiger partial charge in [-0.25, -0.2) is 4.79 Å². The van der Waals surface area contributed by atoms with Crippen LogP contribution < -0.4 is 16.2 Å². The van der Waals surface area contributed by atoms with Crippen molar-refractivity contribution in [2.45, 2.75) is 51.5 Å². The fourth-order valence-corrected chi connectivity index (χ4v) is 4.54. The third kappa shape index (κ3) is 6.00. The van der Waals surface area contributed by atoms with Gasteiger partial charge in [0, 0.05) is 13.1 Å². The van der Waals surface area contributed by atoms with Crippen LogP contribution in [0.3, 0.4) is 0 Å². The summed E-state index contributed by atoms with van der Waals surface area (Å²) in [4.78, 5) is 38.0. The quantitative estimate of drug-likeness (QED) is 0.333. The number of H-pyrrole nitrogens is 1. The number of hydrogen-bond donors (Lipinski definition) is 2. The number of methoxy groups -OCH3 is 1. The minimum atomic E-state index is -0.246. The monoisotopic (exact) mass is 482 g/mol. The first-order valence-electron chi connectivity index (χ1n) is 12.2. The van der Waals surface area contributed by atoms with Crippen LogP contribution in [0, 0.1) is 0 Å². The van der Waals surface area contributed by atoms with E-state index in [1.165, 1.54) is 12.7 Å². The first kappa shape index (κ1) is 24.7. The second-order valence-electron chi connectivity index (χ2n) is 8.99. The molecule has 0 spiro atoms. The number of likely N-dealkylation sites (tertiary alicyclic amines) is 1. The molecule has 0 radical (unpaired) electrons. The molecule has 0 amide bonds. The van der Waals surface area contributed by atoms with E-state index in [4.69, 9.17) is 15.2 Å². The molecule has 0 bridgehead atoms. The molecule has 4 rings (SSSR count). The van der Waals surface area contributed by atoms with Gasteiger partial charge >= 0.3 is 17.7 Å². The second kappa shape index (κ2) is 11.4. The van der Waals surface area contributed by atoms with Crippen LogP contribution >= 0.6 is 0 Å². The molecule has 0 unspecified atom stereocenters. The van der Waals surface area contributed by atoms with Gasteiger partial charge in [0.2, 0.25) is 0 Å². The minimum Gasteiger partial charge on any atom is -0.469 e. The number of esters is 1. The van der Waals surface area contributed by atoms with E-state index in [1.807, 2.05) is 12.1 Å². The smallest absolute Gasteiger partial charge is 0.327 e. The maximum Gasteiger partial charge on any atom is 0.327 e. The Morgan fingerprint density at radius 1 is 1.23 bits per heavy atom. The molecule has 3 heterocycles. The fraction of sp³-hybridized carbons (Fsp3) is 0.520. The van der Waals surface area contributed by atoms with Gasteiger partial charge in [0.15, 0.2) is 11.5 Å². The summed E-state index contributed by atoms with van der Waals surface area (Å²) in [6.45, 7) is 5.70. The van der Waals surface area contributed by atoms with Crippen LogP contribution in [0.2, 0.25) is 0 Å². The average molecular weight is 483 g/mol. The predicted molar refractivity (Wildman–Crippen MR) is 134 cm³/mol. The van der Waals surface area contributed by atoms with Gasteiger partial charge in [0.25, 0.3) is 0 Å². The van der Waals surface area contributed by atoms with E-state index in [2.05, 4.69) is 38.9 Å². The van der Waals surface area contributed by atoms with Gasteiger partial charge in [-0.15, -0.1) is 0 Å². The van der Waals surface area contributed by atoms with Gasteiger partial charge in [-0.2, -0.15) is 9.97 Å². The van der Waals surface area contributed by atoms with E-state index in [-0.39, 0.29) is 23.5 Å². The summed E-state index contributed by atoms with van der Waals surface area (Å²) in [7, 11) is 1.41. The molecule has 1 fully saturated rings. The molecule has 10 nitrogen and oxygen atoms in total. The Labute approximate surface area is 204 Å². The molecule has 0 atom stereocenters. The highest BCUT2D eigenvalue weighted by Crippen LogP contribution is 2.29. The normalized spacial score (nSPS) is 14.9. The number of imidazole rings is 1. The lowest BCUT2D eigenvalue weighted by molar-refractivity contribution is -0.139. The lowest BCUT2D eigenvalue weighted by Gasteiger charge is -2.32. The van der Waals surface area contributed by atoms with Gasteiger partial charge in [-0.1, -0.05) is 37.6 Å². The van der Waals surface area contributed by atoms with Crippen LogP contribution in [0.15, 0.2) is 29.1 Å². The first-order valence-corrected chi connectivity index (χ1v) is 12.2.